The van der Waals surface area contributed by atoms with Crippen LogP contribution in [0.3, 0.4) is 0 Å². The number of methoxy groups -OCH3 is 1. The van der Waals surface area contributed by atoms with Crippen molar-refractivity contribution in [3.8, 4) is 0 Å². The van der Waals surface area contributed by atoms with Gasteiger partial charge in [0.2, 0.25) is 0 Å². The molecule has 0 saturated carbocycles. The van der Waals surface area contributed by atoms with Crippen molar-refractivity contribution in [3.63, 3.8) is 0 Å². The van der Waals surface area contributed by atoms with Gasteiger partial charge in [0, 0.05) is 12.9 Å². The van der Waals surface area contributed by atoms with Crippen LogP contribution < -0.4 is 0 Å². The van der Waals surface area contributed by atoms with E-state index in [2.05, 4.69) is 0 Å². The minimum atomic E-state index is -4.19. The highest BCUT2D eigenvalue weighted by atomic mass is 31.2. The minimum absolute atomic E-state index is 0.216. The lowest BCUT2D eigenvalue weighted by molar-refractivity contribution is 0.0140. The zero-order chi connectivity index (χ0) is 10.8. The van der Waals surface area contributed by atoms with Crippen LogP contribution in [0.5, 0.6) is 0 Å². The van der Waals surface area contributed by atoms with Gasteiger partial charge in [-0.25, -0.2) is 0 Å². The summed E-state index contributed by atoms with van der Waals surface area (Å²) in [5.41, 5.74) is 0. The molecule has 0 bridgehead atoms. The molecule has 1 saturated heterocycles. The summed E-state index contributed by atoms with van der Waals surface area (Å²) in [7, 11) is -2.75. The average molecular weight is 224 g/mol. The molecular weight excluding hydrogens is 211 g/mol. The van der Waals surface area contributed by atoms with Gasteiger partial charge in [-0.3, -0.25) is 4.57 Å². The Labute approximate surface area is 81.3 Å². The van der Waals surface area contributed by atoms with Crippen LogP contribution in [0.4, 0.5) is 0 Å². The molecule has 3 atom stereocenters. The SMILES string of the molecule is COC1CO[C@H](/C=C\P(=O)(O)O)C1O. The van der Waals surface area contributed by atoms with Crippen LogP contribution in [0.25, 0.3) is 0 Å². The summed E-state index contributed by atoms with van der Waals surface area (Å²) < 4.78 is 20.4. The van der Waals surface area contributed by atoms with Gasteiger partial charge in [-0.15, -0.1) is 0 Å². The third-order valence-electron chi connectivity index (χ3n) is 1.94. The van der Waals surface area contributed by atoms with Crippen molar-refractivity contribution >= 4 is 7.60 Å². The van der Waals surface area contributed by atoms with Gasteiger partial charge >= 0.3 is 7.60 Å². The van der Waals surface area contributed by atoms with E-state index in [0.717, 1.165) is 11.9 Å². The Hall–Kier alpha value is -0.230. The molecule has 0 aliphatic carbocycles. The third-order valence-corrected chi connectivity index (χ3v) is 2.50. The van der Waals surface area contributed by atoms with Gasteiger partial charge < -0.3 is 24.4 Å². The van der Waals surface area contributed by atoms with Crippen molar-refractivity contribution in [3.05, 3.63) is 11.9 Å². The molecule has 2 unspecified atom stereocenters. The van der Waals surface area contributed by atoms with Crippen molar-refractivity contribution in [2.45, 2.75) is 18.3 Å². The Morgan fingerprint density at radius 2 is 2.21 bits per heavy atom. The van der Waals surface area contributed by atoms with Crippen LogP contribution >= 0.6 is 7.60 Å². The third kappa shape index (κ3) is 3.16. The largest absolute Gasteiger partial charge is 0.387 e. The molecule has 0 spiro atoms. The Morgan fingerprint density at radius 1 is 1.57 bits per heavy atom. The second kappa shape index (κ2) is 4.53. The molecule has 3 N–H and O–H groups in total. The molecule has 14 heavy (non-hydrogen) atoms. The first-order valence-electron chi connectivity index (χ1n) is 4.01. The van der Waals surface area contributed by atoms with E-state index in [1.165, 1.54) is 7.11 Å². The monoisotopic (exact) mass is 224 g/mol. The molecule has 82 valence electrons. The van der Waals surface area contributed by atoms with Crippen molar-refractivity contribution < 1.29 is 28.9 Å². The molecule has 1 heterocycles. The predicted octanol–water partition coefficient (Wildman–Crippen LogP) is -0.548. The molecule has 1 aliphatic heterocycles. The van der Waals surface area contributed by atoms with Crippen LogP contribution in [0.15, 0.2) is 11.9 Å². The fourth-order valence-electron chi connectivity index (χ4n) is 1.19. The number of ether oxygens (including phenoxy) is 2. The summed E-state index contributed by atoms with van der Waals surface area (Å²) in [6.45, 7) is 0.216. The van der Waals surface area contributed by atoms with Gasteiger partial charge in [0.05, 0.1) is 6.61 Å². The molecule has 1 rings (SSSR count). The first-order chi connectivity index (χ1) is 6.44. The summed E-state index contributed by atoms with van der Waals surface area (Å²) in [5.74, 6) is 0.721. The quantitative estimate of drug-likeness (QED) is 0.557. The Morgan fingerprint density at radius 3 is 2.64 bits per heavy atom. The normalized spacial score (nSPS) is 34.1. The number of aliphatic hydroxyl groups excluding tert-OH is 1. The predicted molar refractivity (Wildman–Crippen MR) is 47.7 cm³/mol. The van der Waals surface area contributed by atoms with E-state index in [4.69, 9.17) is 19.3 Å². The number of aliphatic hydroxyl groups is 1. The van der Waals surface area contributed by atoms with E-state index in [0.29, 0.717) is 0 Å². The maximum atomic E-state index is 10.5. The van der Waals surface area contributed by atoms with Gasteiger partial charge in [0.1, 0.15) is 18.3 Å². The number of hydrogen-bond acceptors (Lipinski definition) is 4. The molecule has 7 heteroatoms. The molecule has 1 fully saturated rings. The molecule has 0 amide bonds. The Kier molecular flexibility index (Phi) is 3.83. The van der Waals surface area contributed by atoms with Gasteiger partial charge in [-0.1, -0.05) is 0 Å². The Bertz CT molecular complexity index is 259. The standard InChI is InChI=1S/C7H13O6P/c1-12-6-4-13-5(7(6)8)2-3-14(9,10)11/h2-3,5-8H,4H2,1H3,(H2,9,10,11)/b3-2-/t5-,6?,7?/m1/s1. The van der Waals surface area contributed by atoms with Gasteiger partial charge in [0.15, 0.2) is 0 Å². The van der Waals surface area contributed by atoms with E-state index < -0.39 is 25.9 Å². The van der Waals surface area contributed by atoms with E-state index in [-0.39, 0.29) is 6.61 Å². The molecule has 0 aromatic carbocycles. The summed E-state index contributed by atoms with van der Waals surface area (Å²) in [6.07, 6.45) is -0.887. The smallest absolute Gasteiger partial charge is 0.348 e. The maximum absolute atomic E-state index is 10.5. The van der Waals surface area contributed by atoms with E-state index >= 15 is 0 Å². The first kappa shape index (κ1) is 11.8. The summed E-state index contributed by atoms with van der Waals surface area (Å²) >= 11 is 0. The second-order valence-electron chi connectivity index (χ2n) is 2.99. The fourth-order valence-corrected chi connectivity index (χ4v) is 1.58. The van der Waals surface area contributed by atoms with Crippen LogP contribution in [0.1, 0.15) is 0 Å². The molecule has 0 radical (unpaired) electrons. The number of hydrogen-bond donors (Lipinski definition) is 3. The topological polar surface area (TPSA) is 96.2 Å². The van der Waals surface area contributed by atoms with Crippen molar-refractivity contribution in [1.29, 1.82) is 0 Å². The zero-order valence-electron chi connectivity index (χ0n) is 7.61. The highest BCUT2D eigenvalue weighted by molar-refractivity contribution is 7.55. The van der Waals surface area contributed by atoms with Gasteiger partial charge in [0.25, 0.3) is 0 Å². The van der Waals surface area contributed by atoms with E-state index in [1.807, 2.05) is 0 Å². The Balaban J connectivity index is 2.56. The molecule has 0 aromatic rings. The van der Waals surface area contributed by atoms with Crippen LogP contribution in [0, 0.1) is 0 Å². The summed E-state index contributed by atoms with van der Waals surface area (Å²) in [6, 6.07) is 0. The fraction of sp³-hybridized carbons (Fsp3) is 0.714. The zero-order valence-corrected chi connectivity index (χ0v) is 8.50. The van der Waals surface area contributed by atoms with Crippen LogP contribution in [0.2, 0.25) is 0 Å². The van der Waals surface area contributed by atoms with Crippen molar-refractivity contribution in [2.24, 2.45) is 0 Å². The summed E-state index contributed by atoms with van der Waals surface area (Å²) in [4.78, 5) is 17.1. The lowest BCUT2D eigenvalue weighted by Gasteiger charge is -2.12. The molecule has 6 nitrogen and oxygen atoms in total. The lowest BCUT2D eigenvalue weighted by Crippen LogP contribution is -2.30. The van der Waals surface area contributed by atoms with Crippen LogP contribution in [-0.4, -0.2) is 46.9 Å². The summed E-state index contributed by atoms with van der Waals surface area (Å²) in [5, 5.41) is 9.49. The average Bonchev–Trinajstić information content (AvgIpc) is 2.42. The highest BCUT2D eigenvalue weighted by Gasteiger charge is 2.34. The molecule has 0 aromatic heterocycles. The van der Waals surface area contributed by atoms with Crippen molar-refractivity contribution in [2.75, 3.05) is 13.7 Å². The maximum Gasteiger partial charge on any atom is 0.348 e. The molecular formula is C7H13O6P. The van der Waals surface area contributed by atoms with E-state index in [1.54, 1.807) is 0 Å². The number of rotatable bonds is 3. The first-order valence-corrected chi connectivity index (χ1v) is 5.69. The lowest BCUT2D eigenvalue weighted by atomic mass is 10.1. The van der Waals surface area contributed by atoms with Crippen molar-refractivity contribution in [1.82, 2.24) is 0 Å². The minimum Gasteiger partial charge on any atom is -0.387 e. The van der Waals surface area contributed by atoms with Crippen LogP contribution in [-0.2, 0) is 14.0 Å². The molecule has 1 aliphatic rings. The van der Waals surface area contributed by atoms with Gasteiger partial charge in [-0.05, 0) is 6.08 Å². The highest BCUT2D eigenvalue weighted by Crippen LogP contribution is 2.36. The van der Waals surface area contributed by atoms with Gasteiger partial charge in [-0.2, -0.15) is 0 Å². The second-order valence-corrected chi connectivity index (χ2v) is 4.47. The van der Waals surface area contributed by atoms with E-state index in [9.17, 15) is 9.67 Å².